The van der Waals surface area contributed by atoms with E-state index in [4.69, 9.17) is 77.7 Å². The number of hydrogen-bond acceptors (Lipinski definition) is 28. The number of aliphatic hydroxyl groups is 3. The summed E-state index contributed by atoms with van der Waals surface area (Å²) in [6, 6.07) is 2.15. The van der Waals surface area contributed by atoms with Gasteiger partial charge in [0.05, 0.1) is 12.9 Å². The zero-order valence-corrected chi connectivity index (χ0v) is 58.2. The van der Waals surface area contributed by atoms with Crippen molar-refractivity contribution in [3.8, 4) is 35.5 Å². The molecule has 0 aromatic carbocycles. The standard InChI is InChI=1S/C65H80N14O20Si/c1-27(2)100(28(3)4,29(5)6)87-23-35-44-48(96-62(7,8)92-44)57(88-35)77-30(21-37(83)74-60(77)85)15-18-33(81)42-47-51(99-65(13,14)95-47)59(91-42)79-36(73-40-53(67)69-25-71-55(40)79)20-19-34(82)43-46-50(98-64(11,12)94-46)58(90-43)78-31(22-38(84)75-61(78)86)16-17-32(80)41-45-49(97-63(9,10)93-45)56(89-41)76-26-72-39-52(66)68-24-70-54(39)76/h21-22,24-29,32-35,41-51,56-59,80-82H,23H2,1-14H3,(H2,66,68,70)(H2,67,69,71)(H,74,83,85)(H,75,84,86)/t32-,33-,34-,35-,41-,42-,43-,44-,45-,46-,47-,48-,49-,50-,51-,56-,57-,58-,59-/m1/s1. The van der Waals surface area contributed by atoms with Crippen molar-refractivity contribution in [3.63, 3.8) is 0 Å². The number of anilines is 2. The maximum Gasteiger partial charge on any atom is 0.331 e. The van der Waals surface area contributed by atoms with Gasteiger partial charge in [0.1, 0.15) is 121 Å². The first-order valence-electron chi connectivity index (χ1n) is 33.0. The van der Waals surface area contributed by atoms with E-state index in [1.165, 1.54) is 28.1 Å². The number of nitrogens with two attached hydrogens (primary N) is 2. The van der Waals surface area contributed by atoms with E-state index in [9.17, 15) is 34.5 Å². The molecule has 14 heterocycles. The largest absolute Gasteiger partial charge is 0.413 e. The molecule has 0 bridgehead atoms. The Morgan fingerprint density at radius 3 is 1.38 bits per heavy atom. The van der Waals surface area contributed by atoms with E-state index in [0.717, 1.165) is 16.7 Å². The highest BCUT2D eigenvalue weighted by Crippen LogP contribution is 2.50. The summed E-state index contributed by atoms with van der Waals surface area (Å²) in [4.78, 5) is 85.1. The van der Waals surface area contributed by atoms with Crippen LogP contribution in [0.25, 0.3) is 22.3 Å². The van der Waals surface area contributed by atoms with Gasteiger partial charge in [-0.25, -0.2) is 39.5 Å². The molecule has 19 atom stereocenters. The third-order valence-corrected chi connectivity index (χ3v) is 25.5. The van der Waals surface area contributed by atoms with Gasteiger partial charge in [0.15, 0.2) is 90.6 Å². The number of H-pyrrole nitrogens is 2. The van der Waals surface area contributed by atoms with Gasteiger partial charge in [-0.3, -0.25) is 37.8 Å². The minimum Gasteiger partial charge on any atom is -0.413 e. The predicted molar refractivity (Wildman–Crippen MR) is 349 cm³/mol. The first-order valence-corrected chi connectivity index (χ1v) is 35.2. The average Bonchev–Trinajstić information content (AvgIpc) is 1.59. The Kier molecular flexibility index (Phi) is 17.4. The highest BCUT2D eigenvalue weighted by Gasteiger charge is 2.62. The molecule has 0 aliphatic carbocycles. The molecule has 34 nitrogen and oxygen atoms in total. The molecule has 0 saturated carbocycles. The monoisotopic (exact) mass is 1400 g/mol. The molecule has 0 spiro atoms. The molecule has 0 amide bonds. The minimum absolute atomic E-state index is 0.0525. The van der Waals surface area contributed by atoms with E-state index in [1.807, 2.05) is 0 Å². The Bertz CT molecular complexity index is 4640. The Morgan fingerprint density at radius 2 is 0.900 bits per heavy atom. The van der Waals surface area contributed by atoms with Crippen molar-refractivity contribution in [3.05, 3.63) is 90.0 Å². The third-order valence-electron chi connectivity index (χ3n) is 19.4. The average molecular weight is 1410 g/mol. The van der Waals surface area contributed by atoms with Crippen LogP contribution < -0.4 is 34.0 Å². The molecule has 0 radical (unpaired) electrons. The molecule has 6 aromatic rings. The van der Waals surface area contributed by atoms with Crippen LogP contribution in [0.4, 0.5) is 11.6 Å². The maximum atomic E-state index is 14.1. The number of fused-ring (bicyclic) bond motifs is 6. The van der Waals surface area contributed by atoms with Crippen molar-refractivity contribution in [1.29, 1.82) is 0 Å². The van der Waals surface area contributed by atoms with E-state index in [2.05, 4.69) is 112 Å². The maximum absolute atomic E-state index is 14.1. The van der Waals surface area contributed by atoms with Crippen molar-refractivity contribution >= 4 is 42.3 Å². The molecule has 35 heteroatoms. The van der Waals surface area contributed by atoms with Gasteiger partial charge < -0.3 is 88.1 Å². The topological polar surface area (TPSA) is 430 Å². The summed E-state index contributed by atoms with van der Waals surface area (Å²) >= 11 is 0. The Labute approximate surface area is 571 Å². The van der Waals surface area contributed by atoms with Crippen LogP contribution in [-0.2, 0) is 61.3 Å². The van der Waals surface area contributed by atoms with Gasteiger partial charge in [0, 0.05) is 12.1 Å². The summed E-state index contributed by atoms with van der Waals surface area (Å²) < 4.78 is 89.5. The van der Waals surface area contributed by atoms with E-state index in [-0.39, 0.29) is 63.2 Å². The molecule has 6 aromatic heterocycles. The number of aliphatic hydroxyl groups excluding tert-OH is 3. The SMILES string of the molecule is CC(C)[Si](OC[C@H]1O[C@@H](n2c(C#C[C@@H](O)[C@H]3O[C@@H](n4c(C#C[C@@H](O)[C@H]5O[C@@H](n6c(C#C[C@@H](O)[C@H]7O[C@@H](n8cnc9c(N)ncnc98)[C@@H]8OC(C)(C)O[C@@H]87)cc(=O)[nH]c6=O)[C@@H]6OC(C)(C)O[C@@H]65)nc5c(N)ncnc54)[C@@H]4OC(C)(C)O[C@@H]43)cc(=O)[nH]c2=O)[C@@H]2OC(C)(C)O[C@@H]21)(C(C)C)C(C)C. The fraction of sp³-hybridized carbons (Fsp3) is 0.631. The van der Waals surface area contributed by atoms with Crippen LogP contribution in [0.2, 0.25) is 16.6 Å². The lowest BCUT2D eigenvalue weighted by atomic mass is 10.1. The Morgan fingerprint density at radius 1 is 0.510 bits per heavy atom. The van der Waals surface area contributed by atoms with Crippen LogP contribution in [0.15, 0.2) is 50.3 Å². The fourth-order valence-corrected chi connectivity index (χ4v) is 21.1. The summed E-state index contributed by atoms with van der Waals surface area (Å²) in [5.74, 6) is 12.1. The fourth-order valence-electron chi connectivity index (χ4n) is 15.7. The lowest BCUT2D eigenvalue weighted by Gasteiger charge is -2.43. The first kappa shape index (κ1) is 69.4. The predicted octanol–water partition coefficient (Wildman–Crippen LogP) is 0.930. The number of nitrogens with one attached hydrogen (secondary N) is 2. The highest BCUT2D eigenvalue weighted by molar-refractivity contribution is 6.77. The normalized spacial score (nSPS) is 32.1. The minimum atomic E-state index is -2.42. The molecule has 14 rings (SSSR count). The molecule has 8 saturated heterocycles. The number of aromatic amines is 2. The molecule has 8 aliphatic rings. The van der Waals surface area contributed by atoms with Gasteiger partial charge in [-0.2, -0.15) is 0 Å². The molecule has 534 valence electrons. The molecule has 100 heavy (non-hydrogen) atoms. The summed E-state index contributed by atoms with van der Waals surface area (Å²) in [7, 11) is -2.42. The molecule has 8 fully saturated rings. The van der Waals surface area contributed by atoms with Crippen LogP contribution in [0, 0.1) is 35.5 Å². The van der Waals surface area contributed by atoms with E-state index >= 15 is 0 Å². The number of aromatic nitrogens is 12. The summed E-state index contributed by atoms with van der Waals surface area (Å²) in [5.41, 5.74) is 10.4. The van der Waals surface area contributed by atoms with Crippen LogP contribution in [0.5, 0.6) is 0 Å². The van der Waals surface area contributed by atoms with E-state index < -0.39 is 170 Å². The molecular weight excluding hydrogens is 1320 g/mol. The number of nitrogen functional groups attached to an aromatic ring is 2. The number of nitrogens with zero attached hydrogens (tertiary/aromatic N) is 10. The second-order valence-corrected chi connectivity index (χ2v) is 34.2. The summed E-state index contributed by atoms with van der Waals surface area (Å²) in [6.07, 6.45) is -18.1. The van der Waals surface area contributed by atoms with Crippen molar-refractivity contribution < 1.29 is 76.6 Å². The summed E-state index contributed by atoms with van der Waals surface area (Å²) in [5, 5.41) is 36.3. The van der Waals surface area contributed by atoms with Crippen LogP contribution >= 0.6 is 0 Å². The Balaban J connectivity index is 0.744. The molecule has 0 unspecified atom stereocenters. The highest BCUT2D eigenvalue weighted by atomic mass is 28.4. The van der Waals surface area contributed by atoms with E-state index in [1.54, 1.807) is 60.0 Å². The summed E-state index contributed by atoms with van der Waals surface area (Å²) in [6.45, 7) is 26.7. The zero-order valence-electron chi connectivity index (χ0n) is 57.2. The zero-order chi connectivity index (χ0) is 71.4. The second kappa shape index (κ2) is 25.1. The van der Waals surface area contributed by atoms with Crippen molar-refractivity contribution in [2.75, 3.05) is 18.1 Å². The van der Waals surface area contributed by atoms with Crippen molar-refractivity contribution in [1.82, 2.24) is 58.1 Å². The van der Waals surface area contributed by atoms with Gasteiger partial charge in [0.2, 0.25) is 0 Å². The first-order chi connectivity index (χ1) is 47.1. The van der Waals surface area contributed by atoms with Crippen LogP contribution in [0.1, 0.15) is 139 Å². The van der Waals surface area contributed by atoms with E-state index in [0.29, 0.717) is 11.2 Å². The van der Waals surface area contributed by atoms with Gasteiger partial charge in [-0.1, -0.05) is 59.3 Å². The van der Waals surface area contributed by atoms with Gasteiger partial charge in [-0.05, 0) is 89.8 Å². The molecule has 8 aliphatic heterocycles. The van der Waals surface area contributed by atoms with Gasteiger partial charge in [0.25, 0.3) is 11.1 Å². The van der Waals surface area contributed by atoms with Crippen LogP contribution in [-0.4, -0.2) is 203 Å². The molecule has 9 N–H and O–H groups in total. The lowest BCUT2D eigenvalue weighted by molar-refractivity contribution is -0.204. The van der Waals surface area contributed by atoms with Gasteiger partial charge >= 0.3 is 11.4 Å². The van der Waals surface area contributed by atoms with Crippen molar-refractivity contribution in [2.24, 2.45) is 0 Å². The molecular formula is C65H80N14O20Si. The van der Waals surface area contributed by atoms with Crippen LogP contribution in [0.3, 0.4) is 0 Å². The quantitative estimate of drug-likeness (QED) is 0.0624. The number of ether oxygens (including phenoxy) is 12. The van der Waals surface area contributed by atoms with Gasteiger partial charge in [-0.15, -0.1) is 0 Å². The Hall–Kier alpha value is -7.68. The second-order valence-electron chi connectivity index (χ2n) is 28.8. The smallest absolute Gasteiger partial charge is 0.331 e. The number of imidazole rings is 2. The third kappa shape index (κ3) is 12.1. The number of hydrogen-bond donors (Lipinski definition) is 7. The lowest BCUT2D eigenvalue weighted by Crippen LogP contribution is -2.50. The van der Waals surface area contributed by atoms with Crippen molar-refractivity contribution in [2.45, 2.75) is 253 Å². The number of rotatable bonds is 13.